The van der Waals surface area contributed by atoms with Crippen LogP contribution in [0.2, 0.25) is 5.02 Å². The molecule has 1 amide bonds. The highest BCUT2D eigenvalue weighted by atomic mass is 35.5. The van der Waals surface area contributed by atoms with Crippen LogP contribution in [0.5, 0.6) is 0 Å². The Kier molecular flexibility index (Phi) is 6.57. The molecule has 5 rings (SSSR count). The smallest absolute Gasteiger partial charge is 0.339 e. The van der Waals surface area contributed by atoms with Gasteiger partial charge in [0, 0.05) is 22.5 Å². The number of guanidine groups is 1. The number of carbonyl (C=O) groups is 2. The number of amides is 1. The normalized spacial score (nSPS) is 15.1. The first kappa shape index (κ1) is 24.0. The number of rotatable bonds is 5. The molecule has 0 spiro atoms. The molecule has 2 aromatic carbocycles. The number of nitrogens with zero attached hydrogens (tertiary/aromatic N) is 3. The van der Waals surface area contributed by atoms with Gasteiger partial charge in [-0.15, -0.1) is 0 Å². The zero-order valence-electron chi connectivity index (χ0n) is 19.8. The summed E-state index contributed by atoms with van der Waals surface area (Å²) in [6.07, 6.45) is 2.79. The number of aliphatic imine (C=N–C) groups is 1. The van der Waals surface area contributed by atoms with E-state index >= 15 is 0 Å². The molecule has 0 radical (unpaired) electrons. The minimum atomic E-state index is -0.751. The van der Waals surface area contributed by atoms with Crippen molar-refractivity contribution in [3.05, 3.63) is 94.4 Å². The molecule has 37 heavy (non-hydrogen) atoms. The van der Waals surface area contributed by atoms with E-state index in [0.717, 1.165) is 0 Å². The van der Waals surface area contributed by atoms with Crippen molar-refractivity contribution in [1.82, 2.24) is 15.3 Å². The standard InChI is InChI=1S/C26H21ClN6O4/c1-14-21(23(34)30-16-11-15(12-28-13-16)24(35)36-2)22(17-7-3-4-8-18(17)27)32-25(29-14)33-26-31-19-9-5-6-10-20(19)37-26/h3-13,22H,1-2H3,(H,30,34)(H2,29,31,32,33). The Morgan fingerprint density at radius 1 is 1.11 bits per heavy atom. The number of pyridine rings is 1. The zero-order valence-corrected chi connectivity index (χ0v) is 20.5. The number of allylic oxidation sites excluding steroid dienone is 1. The number of ether oxygens (including phenoxy) is 1. The fourth-order valence-electron chi connectivity index (χ4n) is 3.92. The number of nitrogens with one attached hydrogen (secondary N) is 3. The van der Waals surface area contributed by atoms with E-state index < -0.39 is 17.9 Å². The largest absolute Gasteiger partial charge is 0.465 e. The number of benzene rings is 2. The summed E-state index contributed by atoms with van der Waals surface area (Å²) in [5.74, 6) is -0.671. The molecule has 1 aliphatic heterocycles. The van der Waals surface area contributed by atoms with Crippen LogP contribution in [-0.2, 0) is 9.53 Å². The zero-order chi connectivity index (χ0) is 25.9. The highest BCUT2D eigenvalue weighted by molar-refractivity contribution is 6.31. The average molecular weight is 517 g/mol. The first-order valence-corrected chi connectivity index (χ1v) is 11.6. The van der Waals surface area contributed by atoms with Gasteiger partial charge in [0.1, 0.15) is 11.6 Å². The number of para-hydroxylation sites is 2. The van der Waals surface area contributed by atoms with E-state index in [9.17, 15) is 9.59 Å². The Morgan fingerprint density at radius 2 is 1.89 bits per heavy atom. The van der Waals surface area contributed by atoms with E-state index in [1.54, 1.807) is 25.1 Å². The minimum Gasteiger partial charge on any atom is -0.465 e. The first-order chi connectivity index (χ1) is 17.9. The lowest BCUT2D eigenvalue weighted by atomic mass is 9.95. The number of anilines is 2. The van der Waals surface area contributed by atoms with Crippen LogP contribution in [-0.4, -0.2) is 34.9 Å². The van der Waals surface area contributed by atoms with Crippen molar-refractivity contribution in [3.8, 4) is 0 Å². The third-order valence-corrected chi connectivity index (χ3v) is 5.97. The predicted molar refractivity (Wildman–Crippen MR) is 139 cm³/mol. The molecule has 186 valence electrons. The quantitative estimate of drug-likeness (QED) is 0.326. The van der Waals surface area contributed by atoms with E-state index in [4.69, 9.17) is 25.7 Å². The van der Waals surface area contributed by atoms with Gasteiger partial charge in [0.2, 0.25) is 5.96 Å². The van der Waals surface area contributed by atoms with E-state index in [2.05, 4.69) is 25.9 Å². The molecule has 1 aliphatic rings. The molecule has 0 aliphatic carbocycles. The van der Waals surface area contributed by atoms with Crippen LogP contribution < -0.4 is 16.0 Å². The maximum atomic E-state index is 13.5. The van der Waals surface area contributed by atoms with Crippen LogP contribution in [0.4, 0.5) is 11.7 Å². The molecule has 0 saturated heterocycles. The molecule has 4 aromatic rings. The summed E-state index contributed by atoms with van der Waals surface area (Å²) in [6.45, 7) is 1.75. The molecule has 0 saturated carbocycles. The molecule has 0 fully saturated rings. The second-order valence-corrected chi connectivity index (χ2v) is 8.49. The fraction of sp³-hybridized carbons (Fsp3) is 0.115. The molecule has 0 bridgehead atoms. The van der Waals surface area contributed by atoms with Crippen LogP contribution in [0.3, 0.4) is 0 Å². The van der Waals surface area contributed by atoms with Crippen molar-refractivity contribution < 1.29 is 18.7 Å². The molecule has 2 aromatic heterocycles. The number of hydrogen-bond acceptors (Lipinski definition) is 9. The van der Waals surface area contributed by atoms with Crippen LogP contribution in [0.25, 0.3) is 11.1 Å². The number of oxazole rings is 1. The van der Waals surface area contributed by atoms with Crippen molar-refractivity contribution in [1.29, 1.82) is 0 Å². The van der Waals surface area contributed by atoms with Crippen LogP contribution >= 0.6 is 11.6 Å². The first-order valence-electron chi connectivity index (χ1n) is 11.2. The lowest BCUT2D eigenvalue weighted by Crippen LogP contribution is -2.37. The topological polar surface area (TPSA) is 131 Å². The molecule has 3 N–H and O–H groups in total. The Hall–Kier alpha value is -4.70. The lowest BCUT2D eigenvalue weighted by Gasteiger charge is -2.27. The second kappa shape index (κ2) is 10.1. The molecule has 1 atom stereocenters. The Morgan fingerprint density at radius 3 is 2.68 bits per heavy atom. The molecule has 10 nitrogen and oxygen atoms in total. The number of methoxy groups -OCH3 is 1. The van der Waals surface area contributed by atoms with Gasteiger partial charge in [-0.1, -0.05) is 41.9 Å². The fourth-order valence-corrected chi connectivity index (χ4v) is 4.16. The summed E-state index contributed by atoms with van der Waals surface area (Å²) in [5, 5.41) is 9.40. The van der Waals surface area contributed by atoms with E-state index in [1.807, 2.05) is 30.3 Å². The van der Waals surface area contributed by atoms with E-state index in [1.165, 1.54) is 25.6 Å². The van der Waals surface area contributed by atoms with Gasteiger partial charge in [-0.2, -0.15) is 4.98 Å². The van der Waals surface area contributed by atoms with Crippen LogP contribution in [0.1, 0.15) is 28.9 Å². The van der Waals surface area contributed by atoms with Crippen molar-refractivity contribution in [3.63, 3.8) is 0 Å². The van der Waals surface area contributed by atoms with Gasteiger partial charge >= 0.3 is 12.0 Å². The Bertz CT molecular complexity index is 1550. The Labute approximate surface area is 216 Å². The highest BCUT2D eigenvalue weighted by Gasteiger charge is 2.31. The van der Waals surface area contributed by atoms with Gasteiger partial charge in [-0.25, -0.2) is 9.79 Å². The molecular formula is C26H21ClN6O4. The average Bonchev–Trinajstić information content (AvgIpc) is 3.30. The molecule has 1 unspecified atom stereocenters. The van der Waals surface area contributed by atoms with Crippen LogP contribution in [0, 0.1) is 0 Å². The SMILES string of the molecule is COC(=O)c1cncc(NC(=O)C2=C(C)NC(Nc3nc4ccccc4o3)=NC2c2ccccc2Cl)c1. The summed E-state index contributed by atoms with van der Waals surface area (Å²) in [7, 11) is 1.27. The number of aromatic nitrogens is 2. The van der Waals surface area contributed by atoms with Crippen molar-refractivity contribution in [2.75, 3.05) is 17.7 Å². The van der Waals surface area contributed by atoms with Crippen molar-refractivity contribution in [2.24, 2.45) is 4.99 Å². The molecular weight excluding hydrogens is 496 g/mol. The Balaban J connectivity index is 1.47. The third-order valence-electron chi connectivity index (χ3n) is 5.62. The minimum absolute atomic E-state index is 0.207. The summed E-state index contributed by atoms with van der Waals surface area (Å²) < 4.78 is 10.5. The summed E-state index contributed by atoms with van der Waals surface area (Å²) in [6, 6.07) is 15.5. The summed E-state index contributed by atoms with van der Waals surface area (Å²) in [4.78, 5) is 38.5. The number of fused-ring (bicyclic) bond motifs is 1. The summed E-state index contributed by atoms with van der Waals surface area (Å²) in [5.41, 5.74) is 3.35. The van der Waals surface area contributed by atoms with E-state index in [-0.39, 0.29) is 11.6 Å². The van der Waals surface area contributed by atoms with Gasteiger partial charge in [0.05, 0.1) is 30.1 Å². The van der Waals surface area contributed by atoms with Gasteiger partial charge < -0.3 is 19.8 Å². The maximum Gasteiger partial charge on any atom is 0.339 e. The maximum absolute atomic E-state index is 13.5. The van der Waals surface area contributed by atoms with Gasteiger partial charge in [-0.05, 0) is 31.2 Å². The van der Waals surface area contributed by atoms with Gasteiger partial charge in [0.25, 0.3) is 5.91 Å². The predicted octanol–water partition coefficient (Wildman–Crippen LogP) is 4.69. The monoisotopic (exact) mass is 516 g/mol. The summed E-state index contributed by atoms with van der Waals surface area (Å²) >= 11 is 6.51. The number of hydrogen-bond donors (Lipinski definition) is 3. The van der Waals surface area contributed by atoms with Crippen molar-refractivity contribution >= 4 is 52.2 Å². The highest BCUT2D eigenvalue weighted by Crippen LogP contribution is 2.35. The number of carbonyl (C=O) groups excluding carboxylic acids is 2. The van der Waals surface area contributed by atoms with Crippen LogP contribution in [0.15, 0.2) is 87.7 Å². The van der Waals surface area contributed by atoms with Gasteiger partial charge in [-0.3, -0.25) is 15.1 Å². The van der Waals surface area contributed by atoms with E-state index in [0.29, 0.717) is 44.6 Å². The van der Waals surface area contributed by atoms with Crippen molar-refractivity contribution in [2.45, 2.75) is 13.0 Å². The van der Waals surface area contributed by atoms with Gasteiger partial charge in [0.15, 0.2) is 5.58 Å². The number of halogens is 1. The second-order valence-electron chi connectivity index (χ2n) is 8.09. The third kappa shape index (κ3) is 5.00. The lowest BCUT2D eigenvalue weighted by molar-refractivity contribution is -0.113. The molecule has 3 heterocycles. The number of esters is 1. The molecule has 11 heteroatoms.